The van der Waals surface area contributed by atoms with Gasteiger partial charge in [0.2, 0.25) is 0 Å². The van der Waals surface area contributed by atoms with Crippen molar-refractivity contribution in [3.63, 3.8) is 0 Å². The normalized spacial score (nSPS) is 10.1. The maximum atomic E-state index is 10.5. The SMILES string of the molecule is Cc1nccc(COc2ccc([N+](=O)[O-])cc2)n1. The summed E-state index contributed by atoms with van der Waals surface area (Å²) in [5.41, 5.74) is 0.807. The van der Waals surface area contributed by atoms with Gasteiger partial charge in [-0.25, -0.2) is 9.97 Å². The fraction of sp³-hybridized carbons (Fsp3) is 0.167. The Morgan fingerprint density at radius 2 is 2.00 bits per heavy atom. The Kier molecular flexibility index (Phi) is 3.47. The van der Waals surface area contributed by atoms with Crippen LogP contribution in [0.25, 0.3) is 0 Å². The summed E-state index contributed by atoms with van der Waals surface area (Å²) in [5, 5.41) is 10.5. The van der Waals surface area contributed by atoms with Crippen molar-refractivity contribution in [2.45, 2.75) is 13.5 Å². The molecule has 0 fully saturated rings. The summed E-state index contributed by atoms with van der Waals surface area (Å²) >= 11 is 0. The first-order valence-corrected chi connectivity index (χ1v) is 5.31. The van der Waals surface area contributed by atoms with Gasteiger partial charge in [-0.3, -0.25) is 10.1 Å². The van der Waals surface area contributed by atoms with Crippen LogP contribution >= 0.6 is 0 Å². The lowest BCUT2D eigenvalue weighted by Crippen LogP contribution is -2.00. The summed E-state index contributed by atoms with van der Waals surface area (Å²) in [6, 6.07) is 7.69. The van der Waals surface area contributed by atoms with Gasteiger partial charge in [0, 0.05) is 18.3 Å². The number of ether oxygens (including phenoxy) is 1. The highest BCUT2D eigenvalue weighted by Crippen LogP contribution is 2.18. The van der Waals surface area contributed by atoms with E-state index in [4.69, 9.17) is 4.74 Å². The van der Waals surface area contributed by atoms with Crippen LogP contribution in [-0.2, 0) is 6.61 Å². The van der Waals surface area contributed by atoms with Gasteiger partial charge in [0.05, 0.1) is 10.6 Å². The smallest absolute Gasteiger partial charge is 0.269 e. The van der Waals surface area contributed by atoms with E-state index in [-0.39, 0.29) is 5.69 Å². The largest absolute Gasteiger partial charge is 0.487 e. The zero-order chi connectivity index (χ0) is 13.0. The molecule has 0 unspecified atom stereocenters. The van der Waals surface area contributed by atoms with E-state index in [1.165, 1.54) is 12.1 Å². The van der Waals surface area contributed by atoms with Crippen LogP contribution in [0.5, 0.6) is 5.75 Å². The van der Waals surface area contributed by atoms with Gasteiger partial charge in [-0.1, -0.05) is 0 Å². The van der Waals surface area contributed by atoms with E-state index in [0.717, 1.165) is 5.69 Å². The molecular weight excluding hydrogens is 234 g/mol. The molecule has 0 amide bonds. The number of aromatic nitrogens is 2. The molecule has 1 aromatic carbocycles. The minimum atomic E-state index is -0.447. The van der Waals surface area contributed by atoms with Crippen molar-refractivity contribution in [2.24, 2.45) is 0 Å². The average molecular weight is 245 g/mol. The molecule has 2 rings (SSSR count). The molecule has 0 saturated carbocycles. The zero-order valence-corrected chi connectivity index (χ0v) is 9.74. The first-order chi connectivity index (χ1) is 8.65. The van der Waals surface area contributed by atoms with Crippen molar-refractivity contribution in [1.29, 1.82) is 0 Å². The number of rotatable bonds is 4. The van der Waals surface area contributed by atoms with E-state index in [9.17, 15) is 10.1 Å². The van der Waals surface area contributed by atoms with Crippen molar-refractivity contribution < 1.29 is 9.66 Å². The quantitative estimate of drug-likeness (QED) is 0.609. The number of non-ortho nitro benzene ring substituents is 1. The molecule has 18 heavy (non-hydrogen) atoms. The molecule has 0 radical (unpaired) electrons. The fourth-order valence-electron chi connectivity index (χ4n) is 1.41. The lowest BCUT2D eigenvalue weighted by molar-refractivity contribution is -0.384. The second kappa shape index (κ2) is 5.22. The highest BCUT2D eigenvalue weighted by Gasteiger charge is 2.04. The lowest BCUT2D eigenvalue weighted by atomic mass is 10.3. The van der Waals surface area contributed by atoms with Crippen LogP contribution in [-0.4, -0.2) is 14.9 Å². The molecule has 0 atom stereocenters. The van der Waals surface area contributed by atoms with E-state index in [0.29, 0.717) is 18.2 Å². The number of nitro groups is 1. The average Bonchev–Trinajstić information content (AvgIpc) is 2.37. The minimum absolute atomic E-state index is 0.0419. The maximum absolute atomic E-state index is 10.5. The zero-order valence-electron chi connectivity index (χ0n) is 9.74. The Balaban J connectivity index is 2.00. The summed E-state index contributed by atoms with van der Waals surface area (Å²) in [6.45, 7) is 2.11. The highest BCUT2D eigenvalue weighted by molar-refractivity contribution is 5.36. The molecule has 0 aliphatic heterocycles. The van der Waals surface area contributed by atoms with Crippen molar-refractivity contribution in [3.05, 3.63) is 58.2 Å². The highest BCUT2D eigenvalue weighted by atomic mass is 16.6. The molecule has 0 saturated heterocycles. The third kappa shape index (κ3) is 3.00. The van der Waals surface area contributed by atoms with Gasteiger partial charge in [0.15, 0.2) is 0 Å². The molecule has 0 N–H and O–H groups in total. The summed E-state index contributed by atoms with van der Waals surface area (Å²) in [4.78, 5) is 18.2. The van der Waals surface area contributed by atoms with Gasteiger partial charge in [-0.05, 0) is 25.1 Å². The van der Waals surface area contributed by atoms with Crippen LogP contribution < -0.4 is 4.74 Å². The number of aryl methyl sites for hydroxylation is 1. The van der Waals surface area contributed by atoms with Gasteiger partial charge < -0.3 is 4.74 Å². The van der Waals surface area contributed by atoms with Gasteiger partial charge >= 0.3 is 0 Å². The minimum Gasteiger partial charge on any atom is -0.487 e. The third-order valence-corrected chi connectivity index (χ3v) is 2.27. The van der Waals surface area contributed by atoms with Crippen molar-refractivity contribution in [2.75, 3.05) is 0 Å². The Labute approximate surface area is 103 Å². The second-order valence-corrected chi connectivity index (χ2v) is 3.63. The number of nitrogens with zero attached hydrogens (tertiary/aromatic N) is 3. The molecule has 6 nitrogen and oxygen atoms in total. The summed E-state index contributed by atoms with van der Waals surface area (Å²) in [7, 11) is 0. The van der Waals surface area contributed by atoms with Crippen LogP contribution in [0.2, 0.25) is 0 Å². The van der Waals surface area contributed by atoms with Crippen LogP contribution in [0, 0.1) is 17.0 Å². The monoisotopic (exact) mass is 245 g/mol. The van der Waals surface area contributed by atoms with Gasteiger partial charge in [0.1, 0.15) is 18.2 Å². The molecule has 6 heteroatoms. The summed E-state index contributed by atoms with van der Waals surface area (Å²) in [5.74, 6) is 1.25. The molecular formula is C12H11N3O3. The van der Waals surface area contributed by atoms with Crippen molar-refractivity contribution in [1.82, 2.24) is 9.97 Å². The topological polar surface area (TPSA) is 78.2 Å². The van der Waals surface area contributed by atoms with Crippen LogP contribution in [0.1, 0.15) is 11.5 Å². The van der Waals surface area contributed by atoms with E-state index < -0.39 is 4.92 Å². The van der Waals surface area contributed by atoms with Crippen molar-refractivity contribution >= 4 is 5.69 Å². The Bertz CT molecular complexity index is 555. The molecule has 0 spiro atoms. The Morgan fingerprint density at radius 3 is 2.61 bits per heavy atom. The maximum Gasteiger partial charge on any atom is 0.269 e. The summed E-state index contributed by atoms with van der Waals surface area (Å²) < 4.78 is 5.47. The van der Waals surface area contributed by atoms with Gasteiger partial charge in [-0.15, -0.1) is 0 Å². The number of hydrogen-bond donors (Lipinski definition) is 0. The second-order valence-electron chi connectivity index (χ2n) is 3.63. The molecule has 0 bridgehead atoms. The van der Waals surface area contributed by atoms with Gasteiger partial charge in [-0.2, -0.15) is 0 Å². The fourth-order valence-corrected chi connectivity index (χ4v) is 1.41. The van der Waals surface area contributed by atoms with Crippen LogP contribution in [0.3, 0.4) is 0 Å². The first-order valence-electron chi connectivity index (χ1n) is 5.31. The van der Waals surface area contributed by atoms with E-state index in [2.05, 4.69) is 9.97 Å². The molecule has 1 heterocycles. The molecule has 2 aromatic rings. The Hall–Kier alpha value is -2.50. The number of benzene rings is 1. The standard InChI is InChI=1S/C12H11N3O3/c1-9-13-7-6-10(14-9)8-18-12-4-2-11(3-5-12)15(16)17/h2-7H,8H2,1H3. The molecule has 92 valence electrons. The number of nitro benzene ring substituents is 1. The predicted octanol–water partition coefficient (Wildman–Crippen LogP) is 2.27. The first kappa shape index (κ1) is 12.0. The van der Waals surface area contributed by atoms with Gasteiger partial charge in [0.25, 0.3) is 5.69 Å². The van der Waals surface area contributed by atoms with E-state index in [1.54, 1.807) is 31.3 Å². The lowest BCUT2D eigenvalue weighted by Gasteiger charge is -2.05. The molecule has 0 aliphatic carbocycles. The Morgan fingerprint density at radius 1 is 1.28 bits per heavy atom. The van der Waals surface area contributed by atoms with E-state index >= 15 is 0 Å². The van der Waals surface area contributed by atoms with Crippen LogP contribution in [0.4, 0.5) is 5.69 Å². The molecule has 0 aliphatic rings. The predicted molar refractivity (Wildman–Crippen MR) is 64.2 cm³/mol. The third-order valence-electron chi connectivity index (χ3n) is 2.27. The number of hydrogen-bond acceptors (Lipinski definition) is 5. The van der Waals surface area contributed by atoms with Crippen molar-refractivity contribution in [3.8, 4) is 5.75 Å². The van der Waals surface area contributed by atoms with E-state index in [1.807, 2.05) is 0 Å². The summed E-state index contributed by atoms with van der Waals surface area (Å²) in [6.07, 6.45) is 1.66. The molecule has 1 aromatic heterocycles. The van der Waals surface area contributed by atoms with Crippen LogP contribution in [0.15, 0.2) is 36.5 Å².